The summed E-state index contributed by atoms with van der Waals surface area (Å²) in [6.45, 7) is 4.62. The van der Waals surface area contributed by atoms with Crippen LogP contribution in [-0.4, -0.2) is 57.1 Å². The average Bonchev–Trinajstić information content (AvgIpc) is 3.11. The fraction of sp³-hybridized carbons (Fsp3) is 0.214. The Morgan fingerprint density at radius 3 is 2.32 bits per heavy atom. The van der Waals surface area contributed by atoms with Gasteiger partial charge >= 0.3 is 12.1 Å². The van der Waals surface area contributed by atoms with E-state index in [4.69, 9.17) is 23.2 Å². The highest BCUT2D eigenvalue weighted by atomic mass is 79.9. The highest BCUT2D eigenvalue weighted by Crippen LogP contribution is 2.38. The molecule has 0 spiro atoms. The van der Waals surface area contributed by atoms with Gasteiger partial charge in [-0.25, -0.2) is 15.0 Å². The van der Waals surface area contributed by atoms with Crippen molar-refractivity contribution in [2.24, 2.45) is 5.10 Å². The number of hydrogen-bond donors (Lipinski definition) is 3. The van der Waals surface area contributed by atoms with Crippen LogP contribution in [0.4, 0.5) is 21.0 Å². The lowest BCUT2D eigenvalue weighted by Gasteiger charge is -2.38. The Labute approximate surface area is 255 Å². The molecule has 0 saturated carbocycles. The van der Waals surface area contributed by atoms with Gasteiger partial charge in [-0.2, -0.15) is 10.2 Å². The molecule has 1 fully saturated rings. The monoisotopic (exact) mass is 660 g/mol. The predicted molar refractivity (Wildman–Crippen MR) is 162 cm³/mol. The second-order valence-electron chi connectivity index (χ2n) is 9.77. The van der Waals surface area contributed by atoms with Crippen molar-refractivity contribution in [1.29, 1.82) is 0 Å². The number of hydrazone groups is 1. The molecule has 1 aliphatic rings. The minimum atomic E-state index is -1.26. The van der Waals surface area contributed by atoms with E-state index in [1.807, 2.05) is 24.3 Å². The summed E-state index contributed by atoms with van der Waals surface area (Å²) in [5.74, 6) is -0.567. The van der Waals surface area contributed by atoms with E-state index >= 15 is 0 Å². The Bertz CT molecular complexity index is 1500. The SMILES string of the molecule is C/C(=N\NC(=O)CN1C(=O)N(c2cccc(Cl)c2)[C@H](N(O)C(=O)Nc2cccc(Cl)c2)C1(C)C)c1ccc(Br)cc1. The average molecular weight is 662 g/mol. The van der Waals surface area contributed by atoms with E-state index in [9.17, 15) is 19.6 Å². The Morgan fingerprint density at radius 2 is 1.68 bits per heavy atom. The quantitative estimate of drug-likeness (QED) is 0.151. The smallest absolute Gasteiger partial charge is 0.306 e. The third-order valence-corrected chi connectivity index (χ3v) is 7.52. The van der Waals surface area contributed by atoms with E-state index < -0.39 is 36.2 Å². The molecule has 3 N–H and O–H groups in total. The second kappa shape index (κ2) is 12.5. The molecule has 1 heterocycles. The standard InChI is InChI=1S/C28H27BrCl2N6O4/c1-17(18-10-12-19(29)13-11-18)33-34-24(38)16-35-27(40)36(23-9-5-7-21(31)15-23)25(28(35,2)3)37(41)26(39)32-22-8-4-6-20(30)14-22/h4-15,25,41H,16H2,1-3H3,(H,32,39)(H,34,38)/b33-17+/t25-/m1/s1. The molecule has 0 bridgehead atoms. The molecule has 214 valence electrons. The number of hydrogen-bond acceptors (Lipinski definition) is 5. The zero-order valence-electron chi connectivity index (χ0n) is 22.3. The molecule has 5 amide bonds. The van der Waals surface area contributed by atoms with Gasteiger partial charge in [0, 0.05) is 25.9 Å². The Hall–Kier alpha value is -3.64. The maximum absolute atomic E-state index is 13.8. The molecule has 0 unspecified atom stereocenters. The lowest BCUT2D eigenvalue weighted by molar-refractivity contribution is -0.124. The third-order valence-electron chi connectivity index (χ3n) is 6.52. The molecule has 41 heavy (non-hydrogen) atoms. The van der Waals surface area contributed by atoms with Crippen LogP contribution in [0.1, 0.15) is 26.3 Å². The number of hydroxylamine groups is 2. The maximum Gasteiger partial charge on any atom is 0.347 e. The zero-order chi connectivity index (χ0) is 29.9. The molecule has 13 heteroatoms. The molecule has 1 saturated heterocycles. The van der Waals surface area contributed by atoms with Gasteiger partial charge in [-0.05, 0) is 74.9 Å². The number of anilines is 2. The molecule has 10 nitrogen and oxygen atoms in total. The number of amides is 5. The van der Waals surface area contributed by atoms with Crippen molar-refractivity contribution in [3.05, 3.63) is 92.9 Å². The first-order chi connectivity index (χ1) is 19.4. The van der Waals surface area contributed by atoms with Gasteiger partial charge in [0.05, 0.1) is 11.3 Å². The molecule has 1 aliphatic heterocycles. The van der Waals surface area contributed by atoms with Gasteiger partial charge in [0.2, 0.25) is 0 Å². The summed E-state index contributed by atoms with van der Waals surface area (Å²) in [6, 6.07) is 18.7. The molecule has 4 rings (SSSR count). The Kier molecular flexibility index (Phi) is 9.23. The van der Waals surface area contributed by atoms with Gasteiger partial charge in [0.15, 0.2) is 6.17 Å². The number of carbonyl (C=O) groups excluding carboxylic acids is 3. The molecular formula is C28H27BrCl2N6O4. The van der Waals surface area contributed by atoms with Crippen molar-refractivity contribution in [3.63, 3.8) is 0 Å². The zero-order valence-corrected chi connectivity index (χ0v) is 25.4. The lowest BCUT2D eigenvalue weighted by atomic mass is 9.99. The number of halogens is 3. The summed E-state index contributed by atoms with van der Waals surface area (Å²) in [7, 11) is 0. The highest BCUT2D eigenvalue weighted by Gasteiger charge is 2.56. The first-order valence-electron chi connectivity index (χ1n) is 12.4. The van der Waals surface area contributed by atoms with Crippen molar-refractivity contribution in [2.75, 3.05) is 16.8 Å². The number of nitrogens with one attached hydrogen (secondary N) is 2. The third kappa shape index (κ3) is 6.82. The number of rotatable bonds is 7. The molecule has 3 aromatic carbocycles. The van der Waals surface area contributed by atoms with Crippen molar-refractivity contribution < 1.29 is 19.6 Å². The molecule has 0 aliphatic carbocycles. The van der Waals surface area contributed by atoms with E-state index in [-0.39, 0.29) is 0 Å². The summed E-state index contributed by atoms with van der Waals surface area (Å²) >= 11 is 15.6. The molecule has 1 atom stereocenters. The van der Waals surface area contributed by atoms with E-state index in [1.54, 1.807) is 57.2 Å². The summed E-state index contributed by atoms with van der Waals surface area (Å²) in [4.78, 5) is 42.4. The van der Waals surface area contributed by atoms with Crippen LogP contribution in [0.3, 0.4) is 0 Å². The second-order valence-corrected chi connectivity index (χ2v) is 11.6. The van der Waals surface area contributed by atoms with Gasteiger partial charge in [0.25, 0.3) is 5.91 Å². The van der Waals surface area contributed by atoms with Crippen molar-refractivity contribution in [2.45, 2.75) is 32.5 Å². The molecule has 3 aromatic rings. The van der Waals surface area contributed by atoms with Crippen LogP contribution >= 0.6 is 39.1 Å². The van der Waals surface area contributed by atoms with Gasteiger partial charge < -0.3 is 10.2 Å². The Morgan fingerprint density at radius 1 is 1.05 bits per heavy atom. The van der Waals surface area contributed by atoms with Crippen LogP contribution in [0, 0.1) is 0 Å². The first-order valence-corrected chi connectivity index (χ1v) is 13.9. The molecule has 0 aromatic heterocycles. The number of benzene rings is 3. The fourth-order valence-corrected chi connectivity index (χ4v) is 5.07. The molecule has 0 radical (unpaired) electrons. The normalized spacial score (nSPS) is 16.5. The topological polar surface area (TPSA) is 118 Å². The lowest BCUT2D eigenvalue weighted by Crippen LogP contribution is -2.58. The minimum Gasteiger partial charge on any atom is -0.306 e. The number of carbonyl (C=O) groups is 3. The summed E-state index contributed by atoms with van der Waals surface area (Å²) in [6.07, 6.45) is -1.26. The molecular weight excluding hydrogens is 635 g/mol. The minimum absolute atomic E-state index is 0.321. The van der Waals surface area contributed by atoms with Crippen LogP contribution < -0.4 is 15.6 Å². The summed E-state index contributed by atoms with van der Waals surface area (Å²) in [5, 5.41) is 19.1. The van der Waals surface area contributed by atoms with Gasteiger partial charge in [-0.15, -0.1) is 0 Å². The van der Waals surface area contributed by atoms with Crippen LogP contribution in [0.25, 0.3) is 0 Å². The van der Waals surface area contributed by atoms with Crippen LogP contribution in [0.5, 0.6) is 0 Å². The van der Waals surface area contributed by atoms with Crippen molar-refractivity contribution >= 4 is 74.2 Å². The summed E-state index contributed by atoms with van der Waals surface area (Å²) in [5.41, 5.74) is 3.26. The number of urea groups is 2. The van der Waals surface area contributed by atoms with Crippen LogP contribution in [-0.2, 0) is 4.79 Å². The van der Waals surface area contributed by atoms with Gasteiger partial charge in [-0.3, -0.25) is 14.9 Å². The van der Waals surface area contributed by atoms with E-state index in [0.717, 1.165) is 10.0 Å². The largest absolute Gasteiger partial charge is 0.347 e. The van der Waals surface area contributed by atoms with Gasteiger partial charge in [0.1, 0.15) is 6.54 Å². The highest BCUT2D eigenvalue weighted by molar-refractivity contribution is 9.10. The van der Waals surface area contributed by atoms with Crippen LogP contribution in [0.15, 0.2) is 82.4 Å². The maximum atomic E-state index is 13.8. The van der Waals surface area contributed by atoms with E-state index in [0.29, 0.717) is 32.2 Å². The van der Waals surface area contributed by atoms with Crippen LogP contribution in [0.2, 0.25) is 10.0 Å². The first kappa shape index (κ1) is 30.3. The van der Waals surface area contributed by atoms with E-state index in [1.165, 1.54) is 21.9 Å². The predicted octanol–water partition coefficient (Wildman–Crippen LogP) is 6.57. The van der Waals surface area contributed by atoms with Gasteiger partial charge in [-0.1, -0.05) is 63.4 Å². The summed E-state index contributed by atoms with van der Waals surface area (Å²) < 4.78 is 0.908. The number of nitrogens with zero attached hydrogens (tertiary/aromatic N) is 4. The van der Waals surface area contributed by atoms with E-state index in [2.05, 4.69) is 31.8 Å². The fourth-order valence-electron chi connectivity index (χ4n) is 4.43. The van der Waals surface area contributed by atoms with Crippen molar-refractivity contribution in [3.8, 4) is 0 Å². The van der Waals surface area contributed by atoms with Crippen molar-refractivity contribution in [1.82, 2.24) is 15.4 Å². The Balaban J connectivity index is 1.60.